The van der Waals surface area contributed by atoms with Crippen LogP contribution in [0.4, 0.5) is 0 Å². The van der Waals surface area contributed by atoms with Crippen LogP contribution in [0.5, 0.6) is 0 Å². The molecule has 2 aromatic carbocycles. The van der Waals surface area contributed by atoms with Crippen LogP contribution >= 0.6 is 0 Å². The van der Waals surface area contributed by atoms with Gasteiger partial charge in [0.2, 0.25) is 0 Å². The molecule has 2 unspecified atom stereocenters. The third kappa shape index (κ3) is 4.77. The van der Waals surface area contributed by atoms with Crippen LogP contribution in [-0.2, 0) is 17.6 Å². The minimum Gasteiger partial charge on any atom is -0.295 e. The first-order valence-electron chi connectivity index (χ1n) is 12.0. The maximum absolute atomic E-state index is 12.3. The Labute approximate surface area is 192 Å². The molecule has 1 aromatic heterocycles. The topological polar surface area (TPSA) is 34.9 Å². The van der Waals surface area contributed by atoms with E-state index in [9.17, 15) is 4.79 Å². The van der Waals surface area contributed by atoms with Crippen molar-refractivity contribution in [1.82, 2.24) is 9.78 Å². The Kier molecular flexibility index (Phi) is 7.04. The number of carbonyl (C=O) groups excluding carboxylic acids is 1. The van der Waals surface area contributed by atoms with E-state index in [1.54, 1.807) is 0 Å². The Morgan fingerprint density at radius 2 is 1.81 bits per heavy atom. The lowest BCUT2D eigenvalue weighted by molar-refractivity contribution is -0.119. The van der Waals surface area contributed by atoms with Gasteiger partial charge in [-0.3, -0.25) is 9.48 Å². The average molecular weight is 427 g/mol. The Hall–Kier alpha value is -2.94. The first kappa shape index (κ1) is 22.3. The standard InChI is InChI=1S/C29H34N2O/c1-4-10-27-21(3)29(30-31(27)26-14-9-13-25(20-26)28(32)5-2)24-17-15-23(16-18-24)19-22-11-7-6-8-12-22/h5-8,11-12,15-18,25-26H,2,4,9-10,13-14,19-20H2,1,3H3. The molecule has 4 rings (SSSR count). The minimum atomic E-state index is 0.0888. The van der Waals surface area contributed by atoms with E-state index in [-0.39, 0.29) is 11.7 Å². The zero-order valence-corrected chi connectivity index (χ0v) is 19.4. The summed E-state index contributed by atoms with van der Waals surface area (Å²) >= 11 is 0. The van der Waals surface area contributed by atoms with Crippen LogP contribution in [0.25, 0.3) is 11.3 Å². The molecule has 3 aromatic rings. The van der Waals surface area contributed by atoms with Crippen LogP contribution in [0.2, 0.25) is 0 Å². The average Bonchev–Trinajstić information content (AvgIpc) is 3.16. The zero-order valence-electron chi connectivity index (χ0n) is 19.4. The fraction of sp³-hybridized carbons (Fsp3) is 0.379. The lowest BCUT2D eigenvalue weighted by Gasteiger charge is -2.29. The smallest absolute Gasteiger partial charge is 0.158 e. The van der Waals surface area contributed by atoms with Crippen molar-refractivity contribution in [3.8, 4) is 11.3 Å². The molecule has 0 saturated heterocycles. The van der Waals surface area contributed by atoms with Crippen molar-refractivity contribution in [2.45, 2.75) is 64.8 Å². The molecule has 3 nitrogen and oxygen atoms in total. The summed E-state index contributed by atoms with van der Waals surface area (Å²) in [6.07, 6.45) is 8.55. The minimum absolute atomic E-state index is 0.0888. The summed E-state index contributed by atoms with van der Waals surface area (Å²) in [5, 5.41) is 5.14. The molecule has 1 aliphatic rings. The monoisotopic (exact) mass is 426 g/mol. The Bertz CT molecular complexity index is 1060. The van der Waals surface area contributed by atoms with Crippen LogP contribution in [0.15, 0.2) is 67.3 Å². The molecular weight excluding hydrogens is 392 g/mol. The molecule has 1 saturated carbocycles. The highest BCUT2D eigenvalue weighted by molar-refractivity contribution is 5.91. The van der Waals surface area contributed by atoms with Gasteiger partial charge in [0.25, 0.3) is 0 Å². The van der Waals surface area contributed by atoms with Crippen LogP contribution in [0, 0.1) is 12.8 Å². The van der Waals surface area contributed by atoms with E-state index >= 15 is 0 Å². The van der Waals surface area contributed by atoms with Crippen molar-refractivity contribution in [3.63, 3.8) is 0 Å². The van der Waals surface area contributed by atoms with E-state index in [0.29, 0.717) is 6.04 Å². The molecule has 0 aliphatic heterocycles. The van der Waals surface area contributed by atoms with Crippen molar-refractivity contribution in [3.05, 3.63) is 89.6 Å². The third-order valence-corrected chi connectivity index (χ3v) is 6.83. The van der Waals surface area contributed by atoms with E-state index in [1.165, 1.54) is 34.0 Å². The molecule has 1 heterocycles. The maximum Gasteiger partial charge on any atom is 0.158 e. The molecule has 1 fully saturated rings. The van der Waals surface area contributed by atoms with Gasteiger partial charge in [0.1, 0.15) is 0 Å². The van der Waals surface area contributed by atoms with Gasteiger partial charge in [-0.15, -0.1) is 0 Å². The summed E-state index contributed by atoms with van der Waals surface area (Å²) in [7, 11) is 0. The van der Waals surface area contributed by atoms with Gasteiger partial charge in [0.05, 0.1) is 11.7 Å². The molecule has 1 aliphatic carbocycles. The second-order valence-electron chi connectivity index (χ2n) is 9.10. The normalized spacial score (nSPS) is 18.4. The molecular formula is C29H34N2O. The van der Waals surface area contributed by atoms with Gasteiger partial charge in [0.15, 0.2) is 5.78 Å². The Morgan fingerprint density at radius 3 is 2.50 bits per heavy atom. The molecule has 0 N–H and O–H groups in total. The van der Waals surface area contributed by atoms with Crippen molar-refractivity contribution >= 4 is 5.78 Å². The van der Waals surface area contributed by atoms with E-state index in [0.717, 1.165) is 50.6 Å². The number of hydrogen-bond acceptors (Lipinski definition) is 2. The fourth-order valence-corrected chi connectivity index (χ4v) is 5.09. The number of rotatable bonds is 8. The summed E-state index contributed by atoms with van der Waals surface area (Å²) in [5.41, 5.74) is 7.49. The zero-order chi connectivity index (χ0) is 22.5. The van der Waals surface area contributed by atoms with Gasteiger partial charge < -0.3 is 0 Å². The van der Waals surface area contributed by atoms with E-state index < -0.39 is 0 Å². The van der Waals surface area contributed by atoms with Crippen LogP contribution in [0.3, 0.4) is 0 Å². The van der Waals surface area contributed by atoms with Crippen molar-refractivity contribution in [2.75, 3.05) is 0 Å². The molecule has 2 atom stereocenters. The van der Waals surface area contributed by atoms with Crippen molar-refractivity contribution in [1.29, 1.82) is 0 Å². The lowest BCUT2D eigenvalue weighted by Crippen LogP contribution is -2.25. The second kappa shape index (κ2) is 10.1. The largest absolute Gasteiger partial charge is 0.295 e. The predicted molar refractivity (Wildman–Crippen MR) is 132 cm³/mol. The van der Waals surface area contributed by atoms with E-state index in [4.69, 9.17) is 5.10 Å². The number of ketones is 1. The summed E-state index contributed by atoms with van der Waals surface area (Å²) in [6.45, 7) is 8.13. The number of carbonyl (C=O) groups is 1. The highest BCUT2D eigenvalue weighted by atomic mass is 16.1. The molecule has 3 heteroatoms. The lowest BCUT2D eigenvalue weighted by atomic mass is 9.83. The first-order valence-corrected chi connectivity index (χ1v) is 12.0. The number of aromatic nitrogens is 2. The van der Waals surface area contributed by atoms with Crippen LogP contribution in [-0.4, -0.2) is 15.6 Å². The van der Waals surface area contributed by atoms with Gasteiger partial charge in [0, 0.05) is 17.2 Å². The molecule has 0 radical (unpaired) electrons. The number of allylic oxidation sites excluding steroid dienone is 1. The van der Waals surface area contributed by atoms with E-state index in [1.807, 2.05) is 0 Å². The van der Waals surface area contributed by atoms with Crippen LogP contribution in [0.1, 0.15) is 67.5 Å². The Morgan fingerprint density at radius 1 is 1.09 bits per heavy atom. The summed E-state index contributed by atoms with van der Waals surface area (Å²) in [5.74, 6) is 0.274. The fourth-order valence-electron chi connectivity index (χ4n) is 5.09. The molecule has 0 amide bonds. The summed E-state index contributed by atoms with van der Waals surface area (Å²) in [6, 6.07) is 19.7. The number of benzene rings is 2. The number of nitrogens with zero attached hydrogens (tertiary/aromatic N) is 2. The van der Waals surface area contributed by atoms with Crippen LogP contribution < -0.4 is 0 Å². The highest BCUT2D eigenvalue weighted by Crippen LogP contribution is 2.36. The predicted octanol–water partition coefficient (Wildman–Crippen LogP) is 6.89. The van der Waals surface area contributed by atoms with E-state index in [2.05, 4.69) is 79.7 Å². The molecule has 0 spiro atoms. The number of hydrogen-bond donors (Lipinski definition) is 0. The summed E-state index contributed by atoms with van der Waals surface area (Å²) in [4.78, 5) is 12.3. The summed E-state index contributed by atoms with van der Waals surface area (Å²) < 4.78 is 2.26. The highest BCUT2D eigenvalue weighted by Gasteiger charge is 2.29. The molecule has 32 heavy (non-hydrogen) atoms. The van der Waals surface area contributed by atoms with Gasteiger partial charge in [-0.1, -0.05) is 80.9 Å². The first-order chi connectivity index (χ1) is 15.6. The second-order valence-corrected chi connectivity index (χ2v) is 9.10. The SMILES string of the molecule is C=CC(=O)C1CCCC(n2nc(-c3ccc(Cc4ccccc4)cc3)c(C)c2CCC)C1. The van der Waals surface area contributed by atoms with Crippen molar-refractivity contribution < 1.29 is 4.79 Å². The van der Waals surface area contributed by atoms with Gasteiger partial charge in [-0.05, 0) is 61.8 Å². The quantitative estimate of drug-likeness (QED) is 0.368. The van der Waals surface area contributed by atoms with Gasteiger partial charge >= 0.3 is 0 Å². The van der Waals surface area contributed by atoms with Crippen molar-refractivity contribution in [2.24, 2.45) is 5.92 Å². The molecule has 0 bridgehead atoms. The van der Waals surface area contributed by atoms with Gasteiger partial charge in [-0.2, -0.15) is 5.10 Å². The van der Waals surface area contributed by atoms with Gasteiger partial charge in [-0.25, -0.2) is 0 Å². The maximum atomic E-state index is 12.3. The molecule has 166 valence electrons. The Balaban J connectivity index is 1.61. The third-order valence-electron chi connectivity index (χ3n) is 6.83.